The summed E-state index contributed by atoms with van der Waals surface area (Å²) in [5.74, 6) is -1.01. The summed E-state index contributed by atoms with van der Waals surface area (Å²) in [5, 5.41) is 3.41. The fraction of sp³-hybridized carbons (Fsp3) is 0.222. The quantitative estimate of drug-likeness (QED) is 0.387. The summed E-state index contributed by atoms with van der Waals surface area (Å²) in [4.78, 5) is 32.3. The van der Waals surface area contributed by atoms with Gasteiger partial charge in [-0.25, -0.2) is 18.7 Å². The zero-order valence-electron chi connectivity index (χ0n) is 20.0. The van der Waals surface area contributed by atoms with Gasteiger partial charge in [0.2, 0.25) is 0 Å². The molecule has 0 aliphatic carbocycles. The van der Waals surface area contributed by atoms with Crippen molar-refractivity contribution in [2.75, 3.05) is 18.0 Å². The molecule has 37 heavy (non-hydrogen) atoms. The van der Waals surface area contributed by atoms with Crippen molar-refractivity contribution in [3.63, 3.8) is 0 Å². The molecular formula is C27H23ClF2N6O. The maximum atomic E-state index is 14.7. The first-order valence-electron chi connectivity index (χ1n) is 11.8. The fourth-order valence-electron chi connectivity index (χ4n) is 4.40. The first-order chi connectivity index (χ1) is 17.9. The predicted octanol–water partition coefficient (Wildman–Crippen LogP) is 5.24. The van der Waals surface area contributed by atoms with E-state index in [0.29, 0.717) is 53.7 Å². The number of pyridine rings is 2. The number of hydrogen-bond donors (Lipinski definition) is 1. The molecule has 0 atom stereocenters. The van der Waals surface area contributed by atoms with Crippen LogP contribution in [0.2, 0.25) is 5.02 Å². The van der Waals surface area contributed by atoms with Gasteiger partial charge in [-0.3, -0.25) is 14.8 Å². The maximum Gasteiger partial charge on any atom is 0.270 e. The second kappa shape index (κ2) is 10.6. The van der Waals surface area contributed by atoms with Gasteiger partial charge in [-0.1, -0.05) is 17.7 Å². The van der Waals surface area contributed by atoms with Crippen molar-refractivity contribution in [1.29, 1.82) is 0 Å². The molecule has 5 rings (SSSR count). The summed E-state index contributed by atoms with van der Waals surface area (Å²) in [5.41, 5.74) is 2.54. The van der Waals surface area contributed by atoms with Crippen molar-refractivity contribution in [3.05, 3.63) is 89.1 Å². The number of carbonyl (C=O) groups excluding carboxylic acids is 1. The summed E-state index contributed by atoms with van der Waals surface area (Å²) in [7, 11) is 0. The van der Waals surface area contributed by atoms with Gasteiger partial charge in [0.15, 0.2) is 0 Å². The molecule has 4 heterocycles. The van der Waals surface area contributed by atoms with E-state index in [2.05, 4.69) is 25.2 Å². The monoisotopic (exact) mass is 520 g/mol. The minimum atomic E-state index is -0.742. The number of benzene rings is 1. The van der Waals surface area contributed by atoms with Gasteiger partial charge in [-0.05, 0) is 49.6 Å². The Kier molecular flexibility index (Phi) is 7.05. The molecule has 0 saturated carbocycles. The van der Waals surface area contributed by atoms with Crippen LogP contribution in [0.25, 0.3) is 22.5 Å². The molecule has 1 fully saturated rings. The topological polar surface area (TPSA) is 83.9 Å². The largest absolute Gasteiger partial charge is 0.355 e. The number of piperidine rings is 1. The number of halogens is 3. The van der Waals surface area contributed by atoms with E-state index >= 15 is 0 Å². The van der Waals surface area contributed by atoms with Crippen LogP contribution in [0.1, 0.15) is 28.9 Å². The van der Waals surface area contributed by atoms with Gasteiger partial charge >= 0.3 is 0 Å². The molecule has 0 unspecified atom stereocenters. The number of rotatable bonds is 5. The molecule has 10 heteroatoms. The molecule has 188 valence electrons. The molecule has 1 aliphatic rings. The van der Waals surface area contributed by atoms with Crippen LogP contribution < -0.4 is 10.2 Å². The third kappa shape index (κ3) is 5.27. The van der Waals surface area contributed by atoms with E-state index in [-0.39, 0.29) is 23.2 Å². The van der Waals surface area contributed by atoms with Crippen LogP contribution in [0.5, 0.6) is 0 Å². The predicted molar refractivity (Wildman–Crippen MR) is 137 cm³/mol. The van der Waals surface area contributed by atoms with Crippen molar-refractivity contribution < 1.29 is 13.6 Å². The SMILES string of the molecule is Cc1cccnc1C(=O)NC1CCN(c2cnc(-c3ccc(F)cc3F)c(-c3ccncc3Cl)n2)CC1. The standard InChI is InChI=1S/C27H23ClF2N6O/c1-16-3-2-9-32-24(16)27(37)34-18-7-11-36(12-8-18)23-15-33-25(20-5-4-17(29)13-22(20)30)26(35-23)19-6-10-31-14-21(19)28/h2-6,9-10,13-15,18H,7-8,11-12H2,1H3,(H,34,37). The molecule has 1 saturated heterocycles. The Morgan fingerprint density at radius 1 is 1.03 bits per heavy atom. The lowest BCUT2D eigenvalue weighted by atomic mass is 10.0. The Hall–Kier alpha value is -3.98. The van der Waals surface area contributed by atoms with Crippen LogP contribution in [0.3, 0.4) is 0 Å². The van der Waals surface area contributed by atoms with E-state index < -0.39 is 11.6 Å². The molecule has 1 aromatic carbocycles. The van der Waals surface area contributed by atoms with Crippen molar-refractivity contribution in [3.8, 4) is 22.5 Å². The third-order valence-corrected chi connectivity index (χ3v) is 6.65. The highest BCUT2D eigenvalue weighted by molar-refractivity contribution is 6.33. The number of anilines is 1. The van der Waals surface area contributed by atoms with Gasteiger partial charge in [0.05, 0.1) is 16.9 Å². The first kappa shape index (κ1) is 24.7. The number of nitrogens with zero attached hydrogens (tertiary/aromatic N) is 5. The first-order valence-corrected chi connectivity index (χ1v) is 12.2. The highest BCUT2D eigenvalue weighted by atomic mass is 35.5. The van der Waals surface area contributed by atoms with Crippen LogP contribution in [-0.4, -0.2) is 45.0 Å². The maximum absolute atomic E-state index is 14.7. The normalized spacial score (nSPS) is 14.0. The van der Waals surface area contributed by atoms with Crippen LogP contribution in [0.4, 0.5) is 14.6 Å². The van der Waals surface area contributed by atoms with E-state index in [1.54, 1.807) is 30.7 Å². The lowest BCUT2D eigenvalue weighted by molar-refractivity contribution is 0.0925. The van der Waals surface area contributed by atoms with Gasteiger partial charge < -0.3 is 10.2 Å². The molecule has 1 N–H and O–H groups in total. The zero-order chi connectivity index (χ0) is 25.9. The van der Waals surface area contributed by atoms with Crippen LogP contribution in [-0.2, 0) is 0 Å². The van der Waals surface area contributed by atoms with Crippen LogP contribution >= 0.6 is 11.6 Å². The van der Waals surface area contributed by atoms with Crippen LogP contribution in [0, 0.1) is 18.6 Å². The Morgan fingerprint density at radius 3 is 2.57 bits per heavy atom. The van der Waals surface area contributed by atoms with Crippen LogP contribution in [0.15, 0.2) is 61.2 Å². The molecule has 7 nitrogen and oxygen atoms in total. The van der Waals surface area contributed by atoms with Crippen molar-refractivity contribution in [1.82, 2.24) is 25.3 Å². The van der Waals surface area contributed by atoms with Crippen molar-refractivity contribution >= 4 is 23.3 Å². The van der Waals surface area contributed by atoms with Gasteiger partial charge in [0.25, 0.3) is 5.91 Å². The van der Waals surface area contributed by atoms with Crippen molar-refractivity contribution in [2.45, 2.75) is 25.8 Å². The smallest absolute Gasteiger partial charge is 0.270 e. The fourth-order valence-corrected chi connectivity index (χ4v) is 4.60. The zero-order valence-corrected chi connectivity index (χ0v) is 20.7. The van der Waals surface area contributed by atoms with Gasteiger partial charge in [-0.15, -0.1) is 0 Å². The summed E-state index contributed by atoms with van der Waals surface area (Å²) in [6.45, 7) is 3.13. The minimum absolute atomic E-state index is 0.000174. The molecule has 1 aliphatic heterocycles. The number of amides is 1. The van der Waals surface area contributed by atoms with E-state index in [9.17, 15) is 13.6 Å². The highest BCUT2D eigenvalue weighted by Crippen LogP contribution is 2.35. The second-order valence-corrected chi connectivity index (χ2v) is 9.22. The molecule has 0 radical (unpaired) electrons. The Labute approximate surface area is 217 Å². The van der Waals surface area contributed by atoms with E-state index in [0.717, 1.165) is 11.6 Å². The number of aromatic nitrogens is 4. The van der Waals surface area contributed by atoms with Gasteiger partial charge in [0.1, 0.15) is 28.8 Å². The molecule has 1 amide bonds. The summed E-state index contributed by atoms with van der Waals surface area (Å²) in [6.07, 6.45) is 7.65. The lowest BCUT2D eigenvalue weighted by Gasteiger charge is -2.33. The Balaban J connectivity index is 1.39. The second-order valence-electron chi connectivity index (χ2n) is 8.81. The summed E-state index contributed by atoms with van der Waals surface area (Å²) < 4.78 is 28.2. The summed E-state index contributed by atoms with van der Waals surface area (Å²) in [6, 6.07) is 8.67. The van der Waals surface area contributed by atoms with Gasteiger partial charge in [0, 0.05) is 54.9 Å². The van der Waals surface area contributed by atoms with E-state index in [4.69, 9.17) is 16.6 Å². The van der Waals surface area contributed by atoms with E-state index in [1.165, 1.54) is 18.3 Å². The average Bonchev–Trinajstić information content (AvgIpc) is 2.89. The summed E-state index contributed by atoms with van der Waals surface area (Å²) >= 11 is 6.41. The third-order valence-electron chi connectivity index (χ3n) is 6.35. The molecule has 0 bridgehead atoms. The molecular weight excluding hydrogens is 498 g/mol. The number of carbonyl (C=O) groups is 1. The number of aryl methyl sites for hydroxylation is 1. The Morgan fingerprint density at radius 2 is 1.84 bits per heavy atom. The average molecular weight is 521 g/mol. The molecule has 4 aromatic rings. The molecule has 0 spiro atoms. The highest BCUT2D eigenvalue weighted by Gasteiger charge is 2.25. The van der Waals surface area contributed by atoms with Gasteiger partial charge in [-0.2, -0.15) is 0 Å². The van der Waals surface area contributed by atoms with Crippen molar-refractivity contribution in [2.24, 2.45) is 0 Å². The number of hydrogen-bond acceptors (Lipinski definition) is 6. The molecule has 3 aromatic heterocycles. The number of nitrogens with one attached hydrogen (secondary N) is 1. The minimum Gasteiger partial charge on any atom is -0.355 e. The lowest BCUT2D eigenvalue weighted by Crippen LogP contribution is -2.45. The van der Waals surface area contributed by atoms with E-state index in [1.807, 2.05) is 13.0 Å². The Bertz CT molecular complexity index is 1460.